The molecule has 0 aromatic carbocycles. The van der Waals surface area contributed by atoms with Crippen molar-refractivity contribution >= 4 is 0 Å². The fraction of sp³-hybridized carbons (Fsp3) is 0. The lowest BCUT2D eigenvalue weighted by Gasteiger charge is -1.77. The number of nitrogens with one attached hydrogen (secondary N) is 2. The van der Waals surface area contributed by atoms with Gasteiger partial charge in [0.05, 0.1) is 6.20 Å². The van der Waals surface area contributed by atoms with Crippen LogP contribution in [-0.4, -0.2) is 0 Å². The summed E-state index contributed by atoms with van der Waals surface area (Å²) in [7, 11) is 0. The maximum absolute atomic E-state index is 2.62. The largest absolute Gasteiger partial charge is 0.360 e. The topological polar surface area (TPSA) is 24.1 Å². The van der Waals surface area contributed by atoms with Crippen LogP contribution in [0.4, 0.5) is 0 Å². The van der Waals surface area contributed by atoms with E-state index in [1.54, 1.807) is 6.20 Å². The van der Waals surface area contributed by atoms with Crippen LogP contribution in [0.2, 0.25) is 0 Å². The van der Waals surface area contributed by atoms with Crippen molar-refractivity contribution in [2.24, 2.45) is 0 Å². The highest BCUT2D eigenvalue weighted by Gasteiger charge is 1.82. The van der Waals surface area contributed by atoms with Crippen LogP contribution < -0.4 is 10.6 Å². The first-order valence-electron chi connectivity index (χ1n) is 1.33. The van der Waals surface area contributed by atoms with E-state index in [2.05, 4.69) is 23.5 Å². The van der Waals surface area contributed by atoms with Crippen LogP contribution in [0.3, 0.4) is 0 Å². The fourth-order valence-corrected chi connectivity index (χ4v) is 0.180. The second kappa shape index (κ2) is 0.971. The molecule has 0 amide bonds. The first-order chi connectivity index (χ1) is 2.50. The lowest BCUT2D eigenvalue weighted by molar-refractivity contribution is 0.971. The Kier molecular flexibility index (Phi) is 0.499. The van der Waals surface area contributed by atoms with E-state index in [1.807, 2.05) is 0 Å². The molecule has 2 N–H and O–H groups in total. The molecule has 0 spiro atoms. The molecule has 3 radical (unpaired) electrons. The minimum absolute atomic E-state index is 1.64. The molecule has 5 heavy (non-hydrogen) atoms. The predicted octanol–water partition coefficient (Wildman–Crippen LogP) is -0.550. The molecule has 1 rings (SSSR count). The number of hydrogen-bond donors (Lipinski definition) is 2. The van der Waals surface area contributed by atoms with Crippen LogP contribution in [0.1, 0.15) is 0 Å². The minimum Gasteiger partial charge on any atom is -0.360 e. The van der Waals surface area contributed by atoms with Crippen molar-refractivity contribution in [2.45, 2.75) is 0 Å². The van der Waals surface area contributed by atoms with Crippen LogP contribution in [0.15, 0.2) is 6.20 Å². The molecule has 0 aromatic heterocycles. The van der Waals surface area contributed by atoms with Crippen molar-refractivity contribution < 1.29 is 0 Å². The van der Waals surface area contributed by atoms with Crippen molar-refractivity contribution in [3.63, 3.8) is 0 Å². The molecule has 0 fully saturated rings. The quantitative estimate of drug-likeness (QED) is 0.397. The Balaban J connectivity index is 2.32. The summed E-state index contributed by atoms with van der Waals surface area (Å²) in [6.07, 6.45) is 4.26. The van der Waals surface area contributed by atoms with Gasteiger partial charge < -0.3 is 10.6 Å². The van der Waals surface area contributed by atoms with Gasteiger partial charge in [-0.15, -0.1) is 0 Å². The Bertz CT molecular complexity index is 42.9. The summed E-state index contributed by atoms with van der Waals surface area (Å²) in [4.78, 5) is 0. The monoisotopic (exact) mass is 67.0 g/mol. The van der Waals surface area contributed by atoms with Crippen LogP contribution in [0, 0.1) is 12.9 Å². The third-order valence-electron chi connectivity index (χ3n) is 0.351. The van der Waals surface area contributed by atoms with Crippen molar-refractivity contribution in [3.8, 4) is 0 Å². The van der Waals surface area contributed by atoms with E-state index >= 15 is 0 Å². The van der Waals surface area contributed by atoms with Crippen molar-refractivity contribution in [1.82, 2.24) is 10.6 Å². The van der Waals surface area contributed by atoms with Gasteiger partial charge in [-0.25, -0.2) is 0 Å². The van der Waals surface area contributed by atoms with E-state index in [4.69, 9.17) is 0 Å². The summed E-state index contributed by atoms with van der Waals surface area (Å²) in [6.45, 7) is 2.56. The Labute approximate surface area is 30.9 Å². The molecular weight excluding hydrogens is 64.0 g/mol. The third kappa shape index (κ3) is 0.318. The van der Waals surface area contributed by atoms with Gasteiger partial charge in [0.25, 0.3) is 0 Å². The summed E-state index contributed by atoms with van der Waals surface area (Å²) in [5.41, 5.74) is 0. The van der Waals surface area contributed by atoms with E-state index in [1.165, 1.54) is 0 Å². The van der Waals surface area contributed by atoms with Gasteiger partial charge in [0.2, 0.25) is 6.67 Å². The molecule has 0 saturated carbocycles. The zero-order chi connectivity index (χ0) is 3.54. The molecule has 1 aliphatic heterocycles. The van der Waals surface area contributed by atoms with Crippen LogP contribution in [0.5, 0.6) is 0 Å². The summed E-state index contributed by atoms with van der Waals surface area (Å²) < 4.78 is 0. The molecule has 25 valence electrons. The highest BCUT2D eigenvalue weighted by atomic mass is 15.1. The molecule has 0 saturated heterocycles. The van der Waals surface area contributed by atoms with Crippen LogP contribution in [-0.2, 0) is 0 Å². The maximum Gasteiger partial charge on any atom is 0.202 e. The normalized spacial score (nSPS) is 17.6. The van der Waals surface area contributed by atoms with Gasteiger partial charge in [0.1, 0.15) is 0 Å². The standard InChI is InChI=1S/C3H3N2/c1-2-5-3-4-1/h1,4-5H. The van der Waals surface area contributed by atoms with Crippen LogP contribution in [0.25, 0.3) is 0 Å². The summed E-state index contributed by atoms with van der Waals surface area (Å²) in [5.74, 6) is 0. The summed E-state index contributed by atoms with van der Waals surface area (Å²) in [5, 5.41) is 5.18. The molecule has 0 aromatic rings. The van der Waals surface area contributed by atoms with Crippen molar-refractivity contribution in [2.75, 3.05) is 0 Å². The van der Waals surface area contributed by atoms with Gasteiger partial charge in [-0.2, -0.15) is 0 Å². The van der Waals surface area contributed by atoms with Gasteiger partial charge in [-0.3, -0.25) is 0 Å². The average Bonchev–Trinajstić information content (AvgIpc) is 1.76. The number of hydrogen-bond acceptors (Lipinski definition) is 2. The highest BCUT2D eigenvalue weighted by Crippen LogP contribution is 1.69. The van der Waals surface area contributed by atoms with Gasteiger partial charge in [-0.1, -0.05) is 0 Å². The Morgan fingerprint density at radius 1 is 1.60 bits per heavy atom. The molecular formula is C3H3N2. The lowest BCUT2D eigenvalue weighted by atomic mass is 11.0. The average molecular weight is 67.1 g/mol. The molecule has 0 aliphatic carbocycles. The van der Waals surface area contributed by atoms with E-state index in [0.29, 0.717) is 0 Å². The molecule has 1 heterocycles. The molecule has 2 heteroatoms. The zero-order valence-corrected chi connectivity index (χ0v) is 2.58. The summed E-state index contributed by atoms with van der Waals surface area (Å²) >= 11 is 0. The number of rotatable bonds is 0. The Hall–Kier alpha value is -0.660. The molecule has 2 nitrogen and oxygen atoms in total. The Morgan fingerprint density at radius 3 is 2.80 bits per heavy atom. The van der Waals surface area contributed by atoms with Crippen molar-refractivity contribution in [3.05, 3.63) is 19.1 Å². The van der Waals surface area contributed by atoms with Gasteiger partial charge in [0, 0.05) is 6.20 Å². The van der Waals surface area contributed by atoms with Gasteiger partial charge in [-0.05, 0) is 0 Å². The second-order valence-electron chi connectivity index (χ2n) is 0.683. The Morgan fingerprint density at radius 2 is 2.60 bits per heavy atom. The highest BCUT2D eigenvalue weighted by molar-refractivity contribution is 4.82. The van der Waals surface area contributed by atoms with Gasteiger partial charge in [0.15, 0.2) is 0 Å². The smallest absolute Gasteiger partial charge is 0.202 e. The molecule has 0 atom stereocenters. The van der Waals surface area contributed by atoms with Crippen LogP contribution >= 0.6 is 0 Å². The summed E-state index contributed by atoms with van der Waals surface area (Å²) in [6, 6.07) is 0. The maximum atomic E-state index is 2.62. The van der Waals surface area contributed by atoms with E-state index < -0.39 is 0 Å². The molecule has 1 aliphatic rings. The second-order valence-corrected chi connectivity index (χ2v) is 0.683. The molecule has 0 unspecified atom stereocenters. The van der Waals surface area contributed by atoms with E-state index in [0.717, 1.165) is 0 Å². The predicted molar refractivity (Wildman–Crippen MR) is 17.3 cm³/mol. The van der Waals surface area contributed by atoms with E-state index in [9.17, 15) is 0 Å². The first-order valence-corrected chi connectivity index (χ1v) is 1.33. The first kappa shape index (κ1) is 2.57. The fourth-order valence-electron chi connectivity index (χ4n) is 0.180. The van der Waals surface area contributed by atoms with E-state index in [-0.39, 0.29) is 0 Å². The molecule has 0 bridgehead atoms. The minimum atomic E-state index is 1.64. The SMILES string of the molecule is [C]1N[C]=CN1. The van der Waals surface area contributed by atoms with Gasteiger partial charge >= 0.3 is 0 Å². The third-order valence-corrected chi connectivity index (χ3v) is 0.351. The van der Waals surface area contributed by atoms with Crippen molar-refractivity contribution in [1.29, 1.82) is 0 Å². The lowest BCUT2D eigenvalue weighted by Crippen LogP contribution is -2.02. The zero-order valence-electron chi connectivity index (χ0n) is 2.58.